The lowest BCUT2D eigenvalue weighted by atomic mass is 9.94. The molecule has 27 aromatic rings. The summed E-state index contributed by atoms with van der Waals surface area (Å²) in [5.41, 5.74) is 30.8. The maximum atomic E-state index is 6.87. The van der Waals surface area contributed by atoms with Gasteiger partial charge in [-0.25, -0.2) is 19.9 Å². The first kappa shape index (κ1) is 69.7. The molecule has 19 aromatic carbocycles. The monoisotopic (exact) mass is 1600 g/mol. The minimum Gasteiger partial charge on any atom is -0.456 e. The average Bonchev–Trinajstić information content (AvgIpc) is 1.57. The minimum atomic E-state index is 0.627. The Balaban J connectivity index is 0.575. The fourth-order valence-electron chi connectivity index (χ4n) is 20.6. The fraction of sp³-hybridized carbons (Fsp3) is 0. The van der Waals surface area contributed by atoms with Crippen molar-refractivity contribution < 1.29 is 8.83 Å². The SMILES string of the molecule is c1ccc(-c2nc(-n3c4ccccc4c4cc(-c5cccc6oc7ccc(-c8cccc9c8c8ccc(-c%10ccc%11c(c%10)c%10cc(-c%12cccc%13oc%14ccc(-c%15ccc%16c(c%15)c%15c%17ccccc%17ccc%15n%16-c%15nc(-c%16ccccc%16)c%16ccccc%16n%15)cc%14c%12%13)ccc%10n%11-c%10ccccc%10)cc8n9-c8ccccc8)cc7c56)ccc43)nc3ccccc23)cc1. The molecular formula is C116H68N8O2. The average molecular weight is 1610 g/mol. The van der Waals surface area contributed by atoms with Crippen LogP contribution in [-0.4, -0.2) is 38.2 Å². The van der Waals surface area contributed by atoms with E-state index in [4.69, 9.17) is 28.8 Å². The summed E-state index contributed by atoms with van der Waals surface area (Å²) in [7, 11) is 0. The topological polar surface area (TPSA) is 97.6 Å². The Morgan fingerprint density at radius 3 is 1.13 bits per heavy atom. The summed E-state index contributed by atoms with van der Waals surface area (Å²) in [6.07, 6.45) is 0. The number of rotatable bonds is 11. The number of hydrogen-bond donors (Lipinski definition) is 0. The zero-order valence-electron chi connectivity index (χ0n) is 67.7. The molecule has 0 saturated carbocycles. The fourth-order valence-corrected chi connectivity index (χ4v) is 20.6. The lowest BCUT2D eigenvalue weighted by Gasteiger charge is -2.12. The van der Waals surface area contributed by atoms with E-state index in [2.05, 4.69) is 413 Å². The van der Waals surface area contributed by atoms with Crippen molar-refractivity contribution >= 4 is 164 Å². The molecule has 0 saturated heterocycles. The van der Waals surface area contributed by atoms with E-state index in [0.717, 1.165) is 237 Å². The van der Waals surface area contributed by atoms with E-state index in [-0.39, 0.29) is 0 Å². The smallest absolute Gasteiger partial charge is 0.235 e. The Morgan fingerprint density at radius 1 is 0.175 bits per heavy atom. The number of furan rings is 2. The van der Waals surface area contributed by atoms with Gasteiger partial charge in [-0.2, -0.15) is 0 Å². The zero-order valence-corrected chi connectivity index (χ0v) is 67.7. The van der Waals surface area contributed by atoms with Gasteiger partial charge < -0.3 is 18.0 Å². The molecular weight excluding hydrogens is 1540 g/mol. The van der Waals surface area contributed by atoms with Crippen molar-refractivity contribution in [2.75, 3.05) is 0 Å². The molecule has 0 atom stereocenters. The lowest BCUT2D eigenvalue weighted by molar-refractivity contribution is 0.668. The van der Waals surface area contributed by atoms with Crippen LogP contribution in [0.25, 0.3) is 265 Å². The van der Waals surface area contributed by atoms with Crippen LogP contribution in [0.2, 0.25) is 0 Å². The van der Waals surface area contributed by atoms with E-state index in [9.17, 15) is 0 Å². The van der Waals surface area contributed by atoms with Crippen LogP contribution in [0.15, 0.2) is 421 Å². The molecule has 0 amide bonds. The third kappa shape index (κ3) is 10.6. The van der Waals surface area contributed by atoms with Gasteiger partial charge in [0.25, 0.3) is 0 Å². The van der Waals surface area contributed by atoms with Crippen LogP contribution in [0, 0.1) is 0 Å². The largest absolute Gasteiger partial charge is 0.456 e. The first-order valence-electron chi connectivity index (χ1n) is 42.8. The van der Waals surface area contributed by atoms with E-state index in [0.29, 0.717) is 11.9 Å². The van der Waals surface area contributed by atoms with Crippen LogP contribution in [0.3, 0.4) is 0 Å². The van der Waals surface area contributed by atoms with E-state index in [1.807, 2.05) is 18.2 Å². The molecule has 10 nitrogen and oxygen atoms in total. The summed E-state index contributed by atoms with van der Waals surface area (Å²) in [5, 5.41) is 17.8. The Morgan fingerprint density at radius 2 is 0.548 bits per heavy atom. The second-order valence-electron chi connectivity index (χ2n) is 33.1. The summed E-state index contributed by atoms with van der Waals surface area (Å²) in [4.78, 5) is 21.4. The number of hydrogen-bond acceptors (Lipinski definition) is 6. The summed E-state index contributed by atoms with van der Waals surface area (Å²) in [6.45, 7) is 0. The van der Waals surface area contributed by atoms with Gasteiger partial charge in [-0.1, -0.05) is 267 Å². The van der Waals surface area contributed by atoms with Crippen molar-refractivity contribution in [3.63, 3.8) is 0 Å². The van der Waals surface area contributed by atoms with Crippen molar-refractivity contribution in [1.29, 1.82) is 0 Å². The highest BCUT2D eigenvalue weighted by Crippen LogP contribution is 2.49. The summed E-state index contributed by atoms with van der Waals surface area (Å²) < 4.78 is 23.0. The molecule has 0 aliphatic rings. The third-order valence-corrected chi connectivity index (χ3v) is 26.2. The highest BCUT2D eigenvalue weighted by molar-refractivity contribution is 6.24. The van der Waals surface area contributed by atoms with Crippen molar-refractivity contribution in [1.82, 2.24) is 38.2 Å². The number of para-hydroxylation sites is 5. The first-order chi connectivity index (χ1) is 62.5. The molecule has 0 spiro atoms. The Kier molecular flexibility index (Phi) is 15.1. The van der Waals surface area contributed by atoms with E-state index in [1.165, 1.54) is 16.2 Å². The molecule has 27 rings (SSSR count). The number of nitrogens with zero attached hydrogens (tertiary/aromatic N) is 8. The van der Waals surface area contributed by atoms with Gasteiger partial charge in [-0.15, -0.1) is 0 Å². The molecule has 126 heavy (non-hydrogen) atoms. The van der Waals surface area contributed by atoms with Gasteiger partial charge in [0.05, 0.1) is 66.6 Å². The van der Waals surface area contributed by atoms with Crippen LogP contribution in [0.5, 0.6) is 0 Å². The Bertz CT molecular complexity index is 9290. The maximum Gasteiger partial charge on any atom is 0.235 e. The second-order valence-corrected chi connectivity index (χ2v) is 33.1. The van der Waals surface area contributed by atoms with Gasteiger partial charge in [0.15, 0.2) is 0 Å². The van der Waals surface area contributed by atoms with Crippen LogP contribution >= 0.6 is 0 Å². The zero-order chi connectivity index (χ0) is 82.3. The molecule has 0 radical (unpaired) electrons. The maximum absolute atomic E-state index is 6.87. The summed E-state index contributed by atoms with van der Waals surface area (Å²) in [6, 6.07) is 149. The lowest BCUT2D eigenvalue weighted by Crippen LogP contribution is -2.03. The van der Waals surface area contributed by atoms with Gasteiger partial charge in [0.2, 0.25) is 11.9 Å². The predicted octanol–water partition coefficient (Wildman–Crippen LogP) is 30.6. The molecule has 584 valence electrons. The third-order valence-electron chi connectivity index (χ3n) is 26.2. The van der Waals surface area contributed by atoms with Crippen molar-refractivity contribution in [3.05, 3.63) is 413 Å². The van der Waals surface area contributed by atoms with E-state index in [1.54, 1.807) is 0 Å². The quantitative estimate of drug-likeness (QED) is 0.128. The highest BCUT2D eigenvalue weighted by atomic mass is 16.3. The molecule has 0 unspecified atom stereocenters. The van der Waals surface area contributed by atoms with E-state index < -0.39 is 0 Å². The Hall–Kier alpha value is -17.1. The minimum absolute atomic E-state index is 0.627. The summed E-state index contributed by atoms with van der Waals surface area (Å²) >= 11 is 0. The highest BCUT2D eigenvalue weighted by Gasteiger charge is 2.27. The molecule has 10 heteroatoms. The molecule has 0 N–H and O–H groups in total. The van der Waals surface area contributed by atoms with Crippen LogP contribution in [0.1, 0.15) is 0 Å². The number of aromatic nitrogens is 8. The second kappa shape index (κ2) is 27.2. The summed E-state index contributed by atoms with van der Waals surface area (Å²) in [5.74, 6) is 1.25. The van der Waals surface area contributed by atoms with E-state index >= 15 is 0 Å². The first-order valence-corrected chi connectivity index (χ1v) is 42.8. The van der Waals surface area contributed by atoms with Crippen LogP contribution in [-0.2, 0) is 0 Å². The predicted molar refractivity (Wildman–Crippen MR) is 520 cm³/mol. The molecule has 0 fully saturated rings. The molecule has 0 bridgehead atoms. The standard InChI is InChI=1S/C116H68N8O2/c1-5-25-70(26-6-1)113-86-35-15-18-40-95(86)117-115(119-113)123-97-42-20-17-34-85(97)89-65-76(51-58-100(89)123)83-38-22-45-108-112(83)94-67-78(53-61-106(94)126-108)82-37-21-43-102-109(82)88-54-46-75(68-104(88)122(102)80-31-11-4-12-32-80)72-48-55-98-90(62-72)91-66-77(50-57-99(91)121(98)79-29-9-3-10-30-79)84-39-23-44-107-111(84)93-64-74(52-60-105(93)125-107)73-49-56-101-92(63-73)110-81-33-14-13-24-69(81)47-59-103(110)124(101)116-118-96-41-19-16-36-87(96)114(120-116)71-27-7-2-8-28-71/h1-68H. The number of benzene rings is 19. The van der Waals surface area contributed by atoms with Gasteiger partial charge in [0, 0.05) is 97.9 Å². The van der Waals surface area contributed by atoms with Crippen LogP contribution in [0.4, 0.5) is 0 Å². The van der Waals surface area contributed by atoms with Crippen LogP contribution < -0.4 is 0 Å². The molecule has 0 aliphatic carbocycles. The van der Waals surface area contributed by atoms with Gasteiger partial charge in [-0.3, -0.25) is 9.13 Å². The Labute approximate surface area is 719 Å². The van der Waals surface area contributed by atoms with Crippen molar-refractivity contribution in [3.8, 4) is 101 Å². The normalized spacial score (nSPS) is 12.1. The molecule has 8 heterocycles. The van der Waals surface area contributed by atoms with Gasteiger partial charge >= 0.3 is 0 Å². The van der Waals surface area contributed by atoms with Crippen molar-refractivity contribution in [2.45, 2.75) is 0 Å². The van der Waals surface area contributed by atoms with Crippen molar-refractivity contribution in [2.24, 2.45) is 0 Å². The van der Waals surface area contributed by atoms with Gasteiger partial charge in [-0.05, 0) is 212 Å². The molecule has 0 aliphatic heterocycles. The molecule has 8 aromatic heterocycles. The van der Waals surface area contributed by atoms with Gasteiger partial charge in [0.1, 0.15) is 22.3 Å². The number of fused-ring (bicyclic) bond motifs is 22.